The van der Waals surface area contributed by atoms with E-state index in [1.165, 1.54) is 0 Å². The summed E-state index contributed by atoms with van der Waals surface area (Å²) >= 11 is 0. The van der Waals surface area contributed by atoms with Gasteiger partial charge in [0.15, 0.2) is 12.6 Å². The Bertz CT molecular complexity index is 483. The van der Waals surface area contributed by atoms with Crippen LogP contribution < -0.4 is 5.32 Å². The molecule has 152 valence electrons. The lowest BCUT2D eigenvalue weighted by Crippen LogP contribution is -2.67. The molecular formula is C14H24FNO10. The second-order valence-electron chi connectivity index (χ2n) is 6.23. The molecule has 0 aromatic carbocycles. The van der Waals surface area contributed by atoms with E-state index < -0.39 is 80.5 Å². The number of alkyl halides is 1. The Morgan fingerprint density at radius 1 is 1.04 bits per heavy atom. The summed E-state index contributed by atoms with van der Waals surface area (Å²) < 4.78 is 28.4. The molecule has 2 fully saturated rings. The Morgan fingerprint density at radius 2 is 1.69 bits per heavy atom. The van der Waals surface area contributed by atoms with Crippen molar-refractivity contribution in [2.75, 3.05) is 13.3 Å². The van der Waals surface area contributed by atoms with Crippen molar-refractivity contribution in [2.45, 2.75) is 68.3 Å². The number of nitrogens with one attached hydrogen (secondary N) is 1. The molecule has 12 heteroatoms. The fraction of sp³-hybridized carbons (Fsp3) is 0.929. The van der Waals surface area contributed by atoms with Crippen LogP contribution in [0.25, 0.3) is 0 Å². The highest BCUT2D eigenvalue weighted by Crippen LogP contribution is 2.28. The molecule has 2 rings (SSSR count). The normalized spacial score (nSPS) is 46.8. The summed E-state index contributed by atoms with van der Waals surface area (Å²) in [4.78, 5) is 11.2. The Morgan fingerprint density at radius 3 is 2.23 bits per heavy atom. The molecule has 2 aliphatic heterocycles. The zero-order valence-electron chi connectivity index (χ0n) is 13.9. The van der Waals surface area contributed by atoms with Gasteiger partial charge in [0.2, 0.25) is 5.91 Å². The van der Waals surface area contributed by atoms with Crippen LogP contribution in [0.3, 0.4) is 0 Å². The maximum Gasteiger partial charge on any atom is 0.217 e. The van der Waals surface area contributed by atoms with Crippen LogP contribution in [0.1, 0.15) is 6.92 Å². The van der Waals surface area contributed by atoms with Gasteiger partial charge in [-0.15, -0.1) is 0 Å². The highest BCUT2D eigenvalue weighted by atomic mass is 19.1. The van der Waals surface area contributed by atoms with Crippen molar-refractivity contribution in [3.8, 4) is 0 Å². The Labute approximate surface area is 147 Å². The SMILES string of the molecule is CC(=O)N[C@@H]1[C@@H](O)[C@H](O[C@@H]2O[C@H](CF)[C@H](O)[C@H](O)[C@H]2O)[C@@H](CO)O[C@H]1O. The average Bonchev–Trinajstić information content (AvgIpc) is 2.60. The van der Waals surface area contributed by atoms with Crippen molar-refractivity contribution in [1.29, 1.82) is 0 Å². The van der Waals surface area contributed by atoms with E-state index in [-0.39, 0.29) is 0 Å². The lowest BCUT2D eigenvalue weighted by atomic mass is 9.95. The number of ether oxygens (including phenoxy) is 3. The first-order valence-corrected chi connectivity index (χ1v) is 8.01. The summed E-state index contributed by atoms with van der Waals surface area (Å²) in [6.45, 7) is -0.734. The van der Waals surface area contributed by atoms with E-state index >= 15 is 0 Å². The largest absolute Gasteiger partial charge is 0.394 e. The predicted molar refractivity (Wildman–Crippen MR) is 79.1 cm³/mol. The number of amides is 1. The van der Waals surface area contributed by atoms with Gasteiger partial charge in [0.05, 0.1) is 6.61 Å². The molecule has 0 aromatic rings. The Kier molecular flexibility index (Phi) is 7.24. The van der Waals surface area contributed by atoms with Crippen LogP contribution in [0.4, 0.5) is 4.39 Å². The maximum absolute atomic E-state index is 12.9. The van der Waals surface area contributed by atoms with Crippen molar-refractivity contribution in [2.24, 2.45) is 0 Å². The zero-order valence-corrected chi connectivity index (χ0v) is 13.9. The number of aliphatic hydroxyl groups excluding tert-OH is 6. The third-order valence-electron chi connectivity index (χ3n) is 4.35. The van der Waals surface area contributed by atoms with Crippen LogP contribution in [-0.2, 0) is 19.0 Å². The second kappa shape index (κ2) is 8.82. The number of carbonyl (C=O) groups is 1. The lowest BCUT2D eigenvalue weighted by Gasteiger charge is -2.46. The molecule has 0 unspecified atom stereocenters. The van der Waals surface area contributed by atoms with E-state index in [9.17, 15) is 39.8 Å². The van der Waals surface area contributed by atoms with Crippen LogP contribution in [0.5, 0.6) is 0 Å². The summed E-state index contributed by atoms with van der Waals surface area (Å²) in [7, 11) is 0. The quantitative estimate of drug-likeness (QED) is 0.245. The molecule has 7 N–H and O–H groups in total. The highest BCUT2D eigenvalue weighted by Gasteiger charge is 2.50. The summed E-state index contributed by atoms with van der Waals surface area (Å²) in [6, 6.07) is -1.31. The number of rotatable bonds is 5. The maximum atomic E-state index is 12.9. The molecule has 0 bridgehead atoms. The topological polar surface area (TPSA) is 178 Å². The minimum atomic E-state index is -1.79. The van der Waals surface area contributed by atoms with Gasteiger partial charge in [-0.3, -0.25) is 4.79 Å². The summed E-state index contributed by atoms with van der Waals surface area (Å²) in [5.41, 5.74) is 0. The first-order valence-electron chi connectivity index (χ1n) is 8.01. The number of hydrogen-bond donors (Lipinski definition) is 7. The molecule has 0 spiro atoms. The average molecular weight is 385 g/mol. The van der Waals surface area contributed by atoms with Crippen LogP contribution in [-0.4, -0.2) is 111 Å². The lowest BCUT2D eigenvalue weighted by molar-refractivity contribution is -0.343. The molecule has 1 amide bonds. The fourth-order valence-electron chi connectivity index (χ4n) is 2.95. The number of halogens is 1. The minimum Gasteiger partial charge on any atom is -0.394 e. The standard InChI is InChI=1S/C14H24FNO10/c1-4(18)16-7-9(20)12(6(3-17)24-13(7)23)26-14-11(22)10(21)8(19)5(2-15)25-14/h5-14,17,19-23H,2-3H2,1H3,(H,16,18)/t5-,6-,7-,8+,9-,10+,11-,12-,13-,14+/m1/s1. The molecule has 11 nitrogen and oxygen atoms in total. The molecule has 2 saturated heterocycles. The van der Waals surface area contributed by atoms with E-state index in [2.05, 4.69) is 5.32 Å². The van der Waals surface area contributed by atoms with Gasteiger partial charge in [0.1, 0.15) is 55.4 Å². The zero-order chi connectivity index (χ0) is 19.6. The molecule has 0 saturated carbocycles. The third-order valence-corrected chi connectivity index (χ3v) is 4.35. The van der Waals surface area contributed by atoms with E-state index in [0.717, 1.165) is 6.92 Å². The monoisotopic (exact) mass is 385 g/mol. The smallest absolute Gasteiger partial charge is 0.217 e. The number of aliphatic hydroxyl groups is 6. The summed E-state index contributed by atoms with van der Waals surface area (Å²) in [5.74, 6) is -0.581. The van der Waals surface area contributed by atoms with Gasteiger partial charge >= 0.3 is 0 Å². The fourth-order valence-corrected chi connectivity index (χ4v) is 2.95. The first-order chi connectivity index (χ1) is 12.2. The van der Waals surface area contributed by atoms with Crippen molar-refractivity contribution in [1.82, 2.24) is 5.32 Å². The van der Waals surface area contributed by atoms with Gasteiger partial charge in [-0.2, -0.15) is 0 Å². The van der Waals surface area contributed by atoms with Gasteiger partial charge in [-0.05, 0) is 0 Å². The second-order valence-corrected chi connectivity index (χ2v) is 6.23. The molecule has 0 aliphatic carbocycles. The summed E-state index contributed by atoms with van der Waals surface area (Å²) in [6.07, 6.45) is -14.3. The Hall–Kier alpha value is -0.960. The molecule has 2 aliphatic rings. The van der Waals surface area contributed by atoms with Gasteiger partial charge in [0.25, 0.3) is 0 Å². The van der Waals surface area contributed by atoms with Crippen molar-refractivity contribution in [3.63, 3.8) is 0 Å². The van der Waals surface area contributed by atoms with E-state index in [4.69, 9.17) is 14.2 Å². The van der Waals surface area contributed by atoms with Crippen molar-refractivity contribution in [3.05, 3.63) is 0 Å². The molecule has 0 radical (unpaired) electrons. The van der Waals surface area contributed by atoms with Crippen LogP contribution in [0.2, 0.25) is 0 Å². The van der Waals surface area contributed by atoms with Gasteiger partial charge in [-0.25, -0.2) is 4.39 Å². The molecule has 0 aromatic heterocycles. The number of hydrogen-bond acceptors (Lipinski definition) is 10. The van der Waals surface area contributed by atoms with Crippen LogP contribution in [0, 0.1) is 0 Å². The van der Waals surface area contributed by atoms with E-state index in [1.54, 1.807) is 0 Å². The summed E-state index contributed by atoms with van der Waals surface area (Å²) in [5, 5.41) is 61.3. The van der Waals surface area contributed by atoms with Gasteiger partial charge < -0.3 is 50.2 Å². The van der Waals surface area contributed by atoms with Crippen LogP contribution >= 0.6 is 0 Å². The number of carbonyl (C=O) groups excluding carboxylic acids is 1. The highest BCUT2D eigenvalue weighted by molar-refractivity contribution is 5.73. The molecule has 26 heavy (non-hydrogen) atoms. The predicted octanol–water partition coefficient (Wildman–Crippen LogP) is -4.28. The van der Waals surface area contributed by atoms with Gasteiger partial charge in [-0.1, -0.05) is 0 Å². The van der Waals surface area contributed by atoms with Crippen molar-refractivity contribution >= 4 is 5.91 Å². The van der Waals surface area contributed by atoms with Gasteiger partial charge in [0, 0.05) is 6.92 Å². The molecular weight excluding hydrogens is 361 g/mol. The van der Waals surface area contributed by atoms with E-state index in [0.29, 0.717) is 0 Å². The Balaban J connectivity index is 2.16. The first kappa shape index (κ1) is 21.3. The molecule has 2 heterocycles. The van der Waals surface area contributed by atoms with Crippen molar-refractivity contribution < 1.29 is 54.0 Å². The van der Waals surface area contributed by atoms with E-state index in [1.807, 2.05) is 0 Å². The molecule has 10 atom stereocenters. The van der Waals surface area contributed by atoms with Crippen LogP contribution in [0.15, 0.2) is 0 Å². The minimum absolute atomic E-state index is 0.581. The third kappa shape index (κ3) is 4.30.